The molecule has 0 fully saturated rings. The Bertz CT molecular complexity index is 574. The van der Waals surface area contributed by atoms with Gasteiger partial charge in [-0.2, -0.15) is 0 Å². The number of benzene rings is 1. The fourth-order valence-electron chi connectivity index (χ4n) is 1.90. The van der Waals surface area contributed by atoms with Crippen molar-refractivity contribution >= 4 is 18.1 Å². The van der Waals surface area contributed by atoms with E-state index in [-0.39, 0.29) is 25.0 Å². The van der Waals surface area contributed by atoms with Crippen LogP contribution in [0.1, 0.15) is 18.9 Å². The van der Waals surface area contributed by atoms with Crippen LogP contribution in [0.25, 0.3) is 6.08 Å². The van der Waals surface area contributed by atoms with E-state index in [2.05, 4.69) is 15.4 Å². The molecule has 1 rings (SSSR count). The molecule has 0 aliphatic carbocycles. The molecule has 1 aromatic rings. The summed E-state index contributed by atoms with van der Waals surface area (Å²) in [5.74, 6) is 0.226. The third-order valence-corrected chi connectivity index (χ3v) is 3.19. The van der Waals surface area contributed by atoms with Gasteiger partial charge in [0.05, 0.1) is 7.11 Å². The molecule has 0 aliphatic heterocycles. The number of amides is 2. The van der Waals surface area contributed by atoms with E-state index in [9.17, 15) is 14.7 Å². The van der Waals surface area contributed by atoms with Crippen molar-refractivity contribution in [3.63, 3.8) is 0 Å². The lowest BCUT2D eigenvalue weighted by atomic mass is 10.2. The van der Waals surface area contributed by atoms with Crippen molar-refractivity contribution in [3.05, 3.63) is 36.0 Å². The van der Waals surface area contributed by atoms with Crippen LogP contribution in [0.15, 0.2) is 30.5 Å². The van der Waals surface area contributed by atoms with Gasteiger partial charge in [-0.15, -0.1) is 0 Å². The molecule has 8 heteroatoms. The fraction of sp³-hybridized carbons (Fsp3) is 0.412. The minimum Gasteiger partial charge on any atom is -0.491 e. The number of rotatable bonds is 10. The van der Waals surface area contributed by atoms with Crippen LogP contribution >= 0.6 is 0 Å². The summed E-state index contributed by atoms with van der Waals surface area (Å²) in [6, 6.07) is 7.03. The van der Waals surface area contributed by atoms with Gasteiger partial charge >= 0.3 is 6.09 Å². The second-order valence-electron chi connectivity index (χ2n) is 5.48. The molecule has 0 heterocycles. The molecule has 8 nitrogen and oxygen atoms in total. The smallest absolute Gasteiger partial charge is 0.410 e. The van der Waals surface area contributed by atoms with Crippen LogP contribution in [0.5, 0.6) is 5.75 Å². The van der Waals surface area contributed by atoms with E-state index >= 15 is 0 Å². The number of hydrogen-bond acceptors (Lipinski definition) is 6. The number of aliphatic hydroxyl groups is 1. The van der Waals surface area contributed by atoms with Crippen molar-refractivity contribution in [2.75, 3.05) is 20.3 Å². The van der Waals surface area contributed by atoms with Crippen LogP contribution in [-0.2, 0) is 9.53 Å². The van der Waals surface area contributed by atoms with E-state index < -0.39 is 12.2 Å². The first-order chi connectivity index (χ1) is 11.9. The Morgan fingerprint density at radius 3 is 2.60 bits per heavy atom. The zero-order chi connectivity index (χ0) is 18.7. The van der Waals surface area contributed by atoms with E-state index in [1.165, 1.54) is 13.3 Å². The first kappa shape index (κ1) is 20.5. The molecule has 1 aromatic carbocycles. The van der Waals surface area contributed by atoms with Gasteiger partial charge in [-0.1, -0.05) is 12.1 Å². The van der Waals surface area contributed by atoms with E-state index in [1.807, 2.05) is 19.1 Å². The normalized spacial score (nSPS) is 13.2. The van der Waals surface area contributed by atoms with Crippen molar-refractivity contribution in [1.29, 1.82) is 0 Å². The lowest BCUT2D eigenvalue weighted by molar-refractivity contribution is -0.118. The van der Waals surface area contributed by atoms with Crippen LogP contribution < -0.4 is 21.1 Å². The van der Waals surface area contributed by atoms with Crippen LogP contribution in [-0.4, -0.2) is 49.5 Å². The standard InChI is InChI=1S/C17H25N3O5/c1-12(9-16(18)22)20-10-14(21)11-25-15-5-3-13(4-6-15)7-8-19-17(23)24-2/h3-8,12,14,20-21H,9-11H2,1-2H3,(H2,18,22)(H,19,23)/b8-7+. The van der Waals surface area contributed by atoms with Crippen molar-refractivity contribution in [1.82, 2.24) is 10.6 Å². The van der Waals surface area contributed by atoms with Gasteiger partial charge in [0, 0.05) is 25.2 Å². The molecular weight excluding hydrogens is 326 g/mol. The largest absolute Gasteiger partial charge is 0.491 e. The third kappa shape index (κ3) is 9.33. The van der Waals surface area contributed by atoms with Crippen LogP contribution in [0.3, 0.4) is 0 Å². The van der Waals surface area contributed by atoms with E-state index in [0.717, 1.165) is 5.56 Å². The molecule has 0 aliphatic rings. The Balaban J connectivity index is 2.33. The third-order valence-electron chi connectivity index (χ3n) is 3.19. The molecule has 0 aromatic heterocycles. The van der Waals surface area contributed by atoms with Gasteiger partial charge in [-0.25, -0.2) is 4.79 Å². The number of hydrogen-bond donors (Lipinski definition) is 4. The van der Waals surface area contributed by atoms with Crippen LogP contribution in [0, 0.1) is 0 Å². The average molecular weight is 351 g/mol. The van der Waals surface area contributed by atoms with Crippen molar-refractivity contribution in [2.24, 2.45) is 5.73 Å². The molecule has 0 saturated heterocycles. The summed E-state index contributed by atoms with van der Waals surface area (Å²) in [5, 5.41) is 15.3. The average Bonchev–Trinajstić information content (AvgIpc) is 2.58. The molecule has 25 heavy (non-hydrogen) atoms. The number of aliphatic hydroxyl groups excluding tert-OH is 1. The summed E-state index contributed by atoms with van der Waals surface area (Å²) in [7, 11) is 1.29. The molecule has 0 radical (unpaired) electrons. The Hall–Kier alpha value is -2.58. The van der Waals surface area contributed by atoms with Crippen LogP contribution in [0.2, 0.25) is 0 Å². The highest BCUT2D eigenvalue weighted by Crippen LogP contribution is 2.13. The topological polar surface area (TPSA) is 123 Å². The monoisotopic (exact) mass is 351 g/mol. The summed E-state index contributed by atoms with van der Waals surface area (Å²) in [5.41, 5.74) is 5.97. The number of carbonyl (C=O) groups excluding carboxylic acids is 2. The second-order valence-corrected chi connectivity index (χ2v) is 5.48. The van der Waals surface area contributed by atoms with Crippen molar-refractivity contribution in [2.45, 2.75) is 25.5 Å². The quantitative estimate of drug-likeness (QED) is 0.490. The second kappa shape index (κ2) is 11.1. The maximum absolute atomic E-state index is 10.9. The predicted octanol–water partition coefficient (Wildman–Crippen LogP) is 0.607. The molecule has 5 N–H and O–H groups in total. The lowest BCUT2D eigenvalue weighted by Gasteiger charge is -2.16. The molecule has 2 unspecified atom stereocenters. The molecule has 0 bridgehead atoms. The lowest BCUT2D eigenvalue weighted by Crippen LogP contribution is -2.38. The highest BCUT2D eigenvalue weighted by atomic mass is 16.5. The number of nitrogens with two attached hydrogens (primary N) is 1. The zero-order valence-corrected chi connectivity index (χ0v) is 14.4. The maximum atomic E-state index is 10.9. The number of ether oxygens (including phenoxy) is 2. The molecule has 2 atom stereocenters. The SMILES string of the molecule is COC(=O)N/C=C/c1ccc(OCC(O)CNC(C)CC(N)=O)cc1. The Kier molecular flexibility index (Phi) is 9.05. The van der Waals surface area contributed by atoms with Gasteiger partial charge in [0.15, 0.2) is 0 Å². The summed E-state index contributed by atoms with van der Waals surface area (Å²) < 4.78 is 9.94. The Morgan fingerprint density at radius 2 is 2.00 bits per heavy atom. The van der Waals surface area contributed by atoms with E-state index in [0.29, 0.717) is 12.3 Å². The molecule has 138 valence electrons. The summed E-state index contributed by atoms with van der Waals surface area (Å²) in [6.45, 7) is 2.24. The number of nitrogens with one attached hydrogen (secondary N) is 2. The number of carbonyl (C=O) groups is 2. The number of methoxy groups -OCH3 is 1. The summed E-state index contributed by atoms with van der Waals surface area (Å²) >= 11 is 0. The van der Waals surface area contributed by atoms with Gasteiger partial charge in [0.2, 0.25) is 5.91 Å². The minimum absolute atomic E-state index is 0.100. The van der Waals surface area contributed by atoms with Gasteiger partial charge in [0.1, 0.15) is 18.5 Å². The van der Waals surface area contributed by atoms with Gasteiger partial charge in [0.25, 0.3) is 0 Å². The predicted molar refractivity (Wildman–Crippen MR) is 93.8 cm³/mol. The molecular formula is C17H25N3O5. The van der Waals surface area contributed by atoms with Crippen LogP contribution in [0.4, 0.5) is 4.79 Å². The molecule has 2 amide bonds. The fourth-order valence-corrected chi connectivity index (χ4v) is 1.90. The highest BCUT2D eigenvalue weighted by molar-refractivity contribution is 5.74. The molecule has 0 spiro atoms. The minimum atomic E-state index is -0.709. The highest BCUT2D eigenvalue weighted by Gasteiger charge is 2.09. The summed E-state index contributed by atoms with van der Waals surface area (Å²) in [6.07, 6.45) is 2.15. The van der Waals surface area contributed by atoms with Gasteiger partial charge < -0.3 is 25.6 Å². The van der Waals surface area contributed by atoms with Gasteiger partial charge in [-0.05, 0) is 30.7 Å². The number of primary amides is 1. The maximum Gasteiger partial charge on any atom is 0.410 e. The zero-order valence-electron chi connectivity index (χ0n) is 14.4. The van der Waals surface area contributed by atoms with Gasteiger partial charge in [-0.3, -0.25) is 10.1 Å². The summed E-state index contributed by atoms with van der Waals surface area (Å²) in [4.78, 5) is 21.7. The first-order valence-electron chi connectivity index (χ1n) is 7.84. The van der Waals surface area contributed by atoms with E-state index in [4.69, 9.17) is 10.5 Å². The molecule has 0 saturated carbocycles. The van der Waals surface area contributed by atoms with Crippen molar-refractivity contribution in [3.8, 4) is 5.75 Å². The number of alkyl carbamates (subject to hydrolysis) is 1. The van der Waals surface area contributed by atoms with E-state index in [1.54, 1.807) is 18.2 Å². The first-order valence-corrected chi connectivity index (χ1v) is 7.84. The van der Waals surface area contributed by atoms with Crippen molar-refractivity contribution < 1.29 is 24.2 Å². The Morgan fingerprint density at radius 1 is 1.32 bits per heavy atom. The Labute approximate surface area is 147 Å².